The number of nitrogens with one attached hydrogen (secondary N) is 1. The molecule has 1 aliphatic heterocycles. The van der Waals surface area contributed by atoms with E-state index < -0.39 is 10.0 Å². The molecule has 0 bridgehead atoms. The molecule has 2 aliphatic rings. The van der Waals surface area contributed by atoms with Gasteiger partial charge in [-0.15, -0.1) is 0 Å². The molecule has 1 saturated carbocycles. The Balaban J connectivity index is 1.38. The summed E-state index contributed by atoms with van der Waals surface area (Å²) in [7, 11) is -1.56. The molecular weight excluding hydrogens is 402 g/mol. The number of carbonyl (C=O) groups is 1. The van der Waals surface area contributed by atoms with Crippen molar-refractivity contribution in [1.29, 1.82) is 0 Å². The lowest BCUT2D eigenvalue weighted by molar-refractivity contribution is -0.117. The van der Waals surface area contributed by atoms with Crippen LogP contribution in [-0.4, -0.2) is 72.3 Å². The summed E-state index contributed by atoms with van der Waals surface area (Å²) >= 11 is 0. The second-order valence-corrected chi connectivity index (χ2v) is 10.4. The smallest absolute Gasteiger partial charge is 0.239 e. The molecule has 2 fully saturated rings. The number of piperidine rings is 1. The number of para-hydroxylation sites is 1. The lowest BCUT2D eigenvalue weighted by Crippen LogP contribution is -2.47. The largest absolute Gasteiger partial charge is 0.309 e. The van der Waals surface area contributed by atoms with Crippen molar-refractivity contribution < 1.29 is 13.2 Å². The molecule has 2 heterocycles. The summed E-state index contributed by atoms with van der Waals surface area (Å²) in [6.07, 6.45) is 4.99. The average molecular weight is 432 g/mol. The highest BCUT2D eigenvalue weighted by Crippen LogP contribution is 2.40. The van der Waals surface area contributed by atoms with Crippen LogP contribution in [0.3, 0.4) is 0 Å². The lowest BCUT2D eigenvalue weighted by Gasteiger charge is -2.35. The fourth-order valence-corrected chi connectivity index (χ4v) is 4.68. The highest BCUT2D eigenvalue weighted by molar-refractivity contribution is 7.88. The van der Waals surface area contributed by atoms with Gasteiger partial charge in [-0.05, 0) is 37.8 Å². The van der Waals surface area contributed by atoms with Crippen LogP contribution in [0.15, 0.2) is 36.4 Å². The van der Waals surface area contributed by atoms with E-state index in [9.17, 15) is 13.2 Å². The first-order valence-corrected chi connectivity index (χ1v) is 12.3. The summed E-state index contributed by atoms with van der Waals surface area (Å²) in [4.78, 5) is 14.8. The number of aromatic nitrogens is 2. The molecule has 1 amide bonds. The van der Waals surface area contributed by atoms with Gasteiger partial charge in [-0.1, -0.05) is 18.2 Å². The SMILES string of the molecule is CN(C1CCN(CC(=O)Nc2cc(C3CC3)nn2-c2ccccc2)CC1)S(C)(=O)=O. The summed E-state index contributed by atoms with van der Waals surface area (Å²) in [6.45, 7) is 1.68. The van der Waals surface area contributed by atoms with Crippen molar-refractivity contribution in [2.75, 3.05) is 38.3 Å². The molecule has 30 heavy (non-hydrogen) atoms. The van der Waals surface area contributed by atoms with Crippen molar-refractivity contribution in [3.63, 3.8) is 0 Å². The number of nitrogens with zero attached hydrogens (tertiary/aromatic N) is 4. The van der Waals surface area contributed by atoms with E-state index in [4.69, 9.17) is 5.10 Å². The Kier molecular flexibility index (Phi) is 5.95. The zero-order valence-electron chi connectivity index (χ0n) is 17.5. The van der Waals surface area contributed by atoms with Crippen molar-refractivity contribution in [3.05, 3.63) is 42.1 Å². The van der Waals surface area contributed by atoms with Crippen LogP contribution in [-0.2, 0) is 14.8 Å². The fraction of sp³-hybridized carbons (Fsp3) is 0.524. The second-order valence-electron chi connectivity index (χ2n) is 8.31. The first-order chi connectivity index (χ1) is 14.3. The van der Waals surface area contributed by atoms with E-state index in [1.807, 2.05) is 36.4 Å². The van der Waals surface area contributed by atoms with Gasteiger partial charge in [0.15, 0.2) is 0 Å². The maximum atomic E-state index is 12.7. The van der Waals surface area contributed by atoms with E-state index in [-0.39, 0.29) is 18.5 Å². The third-order valence-electron chi connectivity index (χ3n) is 5.95. The van der Waals surface area contributed by atoms with Crippen LogP contribution < -0.4 is 5.32 Å². The second kappa shape index (κ2) is 8.49. The van der Waals surface area contributed by atoms with Crippen molar-refractivity contribution in [3.8, 4) is 5.69 Å². The molecule has 9 heteroatoms. The van der Waals surface area contributed by atoms with Crippen molar-refractivity contribution in [1.82, 2.24) is 19.0 Å². The first kappa shape index (κ1) is 21.0. The summed E-state index contributed by atoms with van der Waals surface area (Å²) < 4.78 is 26.7. The van der Waals surface area contributed by atoms with Crippen molar-refractivity contribution >= 4 is 21.7 Å². The number of likely N-dealkylation sites (tertiary alicyclic amines) is 1. The first-order valence-electron chi connectivity index (χ1n) is 10.4. The van der Waals surface area contributed by atoms with Gasteiger partial charge in [-0.3, -0.25) is 9.69 Å². The Labute approximate surface area is 177 Å². The third kappa shape index (κ3) is 4.91. The van der Waals surface area contributed by atoms with Gasteiger partial charge in [0.05, 0.1) is 24.2 Å². The van der Waals surface area contributed by atoms with E-state index in [1.165, 1.54) is 10.6 Å². The minimum absolute atomic E-state index is 0.0000706. The summed E-state index contributed by atoms with van der Waals surface area (Å²) in [5.41, 5.74) is 1.95. The standard InChI is InChI=1S/C21H29N5O3S/c1-24(30(2,28)29)17-10-12-25(13-11-17)15-21(27)22-20-14-19(16-8-9-16)23-26(20)18-6-4-3-5-7-18/h3-7,14,16-17H,8-13,15H2,1-2H3,(H,22,27). The van der Waals surface area contributed by atoms with Crippen LogP contribution in [0, 0.1) is 0 Å². The van der Waals surface area contributed by atoms with Gasteiger partial charge >= 0.3 is 0 Å². The predicted molar refractivity (Wildman–Crippen MR) is 116 cm³/mol. The van der Waals surface area contributed by atoms with Crippen LogP contribution in [0.25, 0.3) is 5.69 Å². The quantitative estimate of drug-likeness (QED) is 0.725. The van der Waals surface area contributed by atoms with E-state index in [0.29, 0.717) is 24.8 Å². The van der Waals surface area contributed by atoms with E-state index in [0.717, 1.165) is 37.1 Å². The summed E-state index contributed by atoms with van der Waals surface area (Å²) in [5, 5.41) is 7.75. The van der Waals surface area contributed by atoms with E-state index in [2.05, 4.69) is 10.2 Å². The number of rotatable bonds is 7. The number of carbonyl (C=O) groups excluding carboxylic acids is 1. The number of amides is 1. The molecule has 1 N–H and O–H groups in total. The maximum Gasteiger partial charge on any atom is 0.239 e. The Bertz CT molecular complexity index is 993. The lowest BCUT2D eigenvalue weighted by atomic mass is 10.1. The van der Waals surface area contributed by atoms with Crippen LogP contribution in [0.2, 0.25) is 0 Å². The van der Waals surface area contributed by atoms with E-state index >= 15 is 0 Å². The van der Waals surface area contributed by atoms with E-state index in [1.54, 1.807) is 11.7 Å². The monoisotopic (exact) mass is 431 g/mol. The van der Waals surface area contributed by atoms with Crippen molar-refractivity contribution in [2.45, 2.75) is 37.6 Å². The highest BCUT2D eigenvalue weighted by atomic mass is 32.2. The van der Waals surface area contributed by atoms with Crippen molar-refractivity contribution in [2.24, 2.45) is 0 Å². The molecule has 1 aromatic heterocycles. The van der Waals surface area contributed by atoms with Gasteiger partial charge in [0.2, 0.25) is 15.9 Å². The predicted octanol–water partition coefficient (Wildman–Crippen LogP) is 2.04. The number of sulfonamides is 1. The van der Waals surface area contributed by atoms with Crippen LogP contribution >= 0.6 is 0 Å². The minimum atomic E-state index is -3.19. The zero-order chi connectivity index (χ0) is 21.3. The van der Waals surface area contributed by atoms with Crippen LogP contribution in [0.4, 0.5) is 5.82 Å². The molecule has 0 radical (unpaired) electrons. The Morgan fingerprint density at radius 3 is 2.43 bits per heavy atom. The Morgan fingerprint density at radius 1 is 1.17 bits per heavy atom. The average Bonchev–Trinajstić information content (AvgIpc) is 3.49. The third-order valence-corrected chi connectivity index (χ3v) is 7.30. The minimum Gasteiger partial charge on any atom is -0.309 e. The van der Waals surface area contributed by atoms with Gasteiger partial charge in [0.1, 0.15) is 5.82 Å². The van der Waals surface area contributed by atoms with Gasteiger partial charge < -0.3 is 5.32 Å². The normalized spacial score (nSPS) is 18.6. The number of hydrogen-bond acceptors (Lipinski definition) is 5. The van der Waals surface area contributed by atoms with Gasteiger partial charge in [0, 0.05) is 38.2 Å². The van der Waals surface area contributed by atoms with Gasteiger partial charge in [-0.25, -0.2) is 17.4 Å². The number of hydrogen-bond donors (Lipinski definition) is 1. The van der Waals surface area contributed by atoms with Crippen LogP contribution in [0.5, 0.6) is 0 Å². The molecule has 1 saturated heterocycles. The molecule has 0 spiro atoms. The molecule has 1 aliphatic carbocycles. The van der Waals surface area contributed by atoms with Gasteiger partial charge in [0.25, 0.3) is 0 Å². The topological polar surface area (TPSA) is 87.5 Å². The molecule has 4 rings (SSSR count). The molecule has 2 aromatic rings. The molecule has 0 atom stereocenters. The number of benzene rings is 1. The molecular formula is C21H29N5O3S. The fourth-order valence-electron chi connectivity index (χ4n) is 3.93. The molecule has 162 valence electrons. The zero-order valence-corrected chi connectivity index (χ0v) is 18.3. The number of anilines is 1. The van der Waals surface area contributed by atoms with Crippen LogP contribution in [0.1, 0.15) is 37.3 Å². The maximum absolute atomic E-state index is 12.7. The molecule has 0 unspecified atom stereocenters. The van der Waals surface area contributed by atoms with Gasteiger partial charge in [-0.2, -0.15) is 5.10 Å². The Hall–Kier alpha value is -2.23. The Morgan fingerprint density at radius 2 is 1.83 bits per heavy atom. The highest BCUT2D eigenvalue weighted by Gasteiger charge is 2.29. The summed E-state index contributed by atoms with van der Waals surface area (Å²) in [5.74, 6) is 1.11. The molecule has 8 nitrogen and oxygen atoms in total. The summed E-state index contributed by atoms with van der Waals surface area (Å²) in [6, 6.07) is 11.8. The molecule has 1 aromatic carbocycles.